The highest BCUT2D eigenvalue weighted by Crippen LogP contribution is 2.26. The fourth-order valence-corrected chi connectivity index (χ4v) is 2.60. The molecule has 2 aromatic heterocycles. The Labute approximate surface area is 115 Å². The molecule has 1 aliphatic heterocycles. The van der Waals surface area contributed by atoms with Crippen molar-refractivity contribution in [2.45, 2.75) is 45.3 Å². The molecule has 1 unspecified atom stereocenters. The molecule has 1 fully saturated rings. The van der Waals surface area contributed by atoms with E-state index in [1.165, 1.54) is 4.57 Å². The van der Waals surface area contributed by atoms with E-state index in [-0.39, 0.29) is 6.10 Å². The van der Waals surface area contributed by atoms with Crippen molar-refractivity contribution in [3.63, 3.8) is 0 Å². The standard InChI is InChI=1S/C13H18N4O3/c1-2-6-17-11-9(12(18)16-13(17)19)14-10(15-11)8-5-3-4-7-20-8/h8H,2-7H2,1H3,(H,14,15)(H,16,18,19). The van der Waals surface area contributed by atoms with Crippen LogP contribution in [0.2, 0.25) is 0 Å². The second kappa shape index (κ2) is 5.24. The van der Waals surface area contributed by atoms with Crippen molar-refractivity contribution in [3.05, 3.63) is 26.7 Å². The minimum Gasteiger partial charge on any atom is -0.370 e. The van der Waals surface area contributed by atoms with Crippen molar-refractivity contribution in [2.24, 2.45) is 0 Å². The van der Waals surface area contributed by atoms with Crippen LogP contribution in [-0.2, 0) is 11.3 Å². The van der Waals surface area contributed by atoms with E-state index in [4.69, 9.17) is 4.74 Å². The second-order valence-electron chi connectivity index (χ2n) is 5.09. The molecule has 0 radical (unpaired) electrons. The Balaban J connectivity index is 2.13. The molecule has 20 heavy (non-hydrogen) atoms. The monoisotopic (exact) mass is 278 g/mol. The number of hydrogen-bond acceptors (Lipinski definition) is 4. The average molecular weight is 278 g/mol. The third-order valence-corrected chi connectivity index (χ3v) is 3.58. The van der Waals surface area contributed by atoms with Gasteiger partial charge in [-0.3, -0.25) is 14.3 Å². The zero-order valence-corrected chi connectivity index (χ0v) is 11.4. The fourth-order valence-electron chi connectivity index (χ4n) is 2.60. The molecule has 2 N–H and O–H groups in total. The van der Waals surface area contributed by atoms with Gasteiger partial charge in [0.1, 0.15) is 17.4 Å². The van der Waals surface area contributed by atoms with Gasteiger partial charge in [0, 0.05) is 13.2 Å². The highest BCUT2D eigenvalue weighted by molar-refractivity contribution is 5.69. The number of aromatic nitrogens is 4. The summed E-state index contributed by atoms with van der Waals surface area (Å²) in [4.78, 5) is 33.5. The Hall–Kier alpha value is -1.89. The molecule has 1 aliphatic rings. The minimum atomic E-state index is -0.424. The maximum Gasteiger partial charge on any atom is 0.330 e. The van der Waals surface area contributed by atoms with Crippen LogP contribution < -0.4 is 11.2 Å². The molecular formula is C13H18N4O3. The van der Waals surface area contributed by atoms with Gasteiger partial charge in [0.05, 0.1) is 0 Å². The van der Waals surface area contributed by atoms with Gasteiger partial charge < -0.3 is 9.72 Å². The summed E-state index contributed by atoms with van der Waals surface area (Å²) in [5.74, 6) is 0.639. The van der Waals surface area contributed by atoms with E-state index in [2.05, 4.69) is 15.0 Å². The Morgan fingerprint density at radius 2 is 2.20 bits per heavy atom. The van der Waals surface area contributed by atoms with E-state index in [0.29, 0.717) is 30.1 Å². The first kappa shape index (κ1) is 13.1. The first-order valence-corrected chi connectivity index (χ1v) is 7.05. The maximum atomic E-state index is 11.9. The van der Waals surface area contributed by atoms with Crippen LogP contribution in [0.3, 0.4) is 0 Å². The lowest BCUT2D eigenvalue weighted by Gasteiger charge is -2.20. The minimum absolute atomic E-state index is 0.110. The number of H-pyrrole nitrogens is 2. The zero-order chi connectivity index (χ0) is 14.1. The number of imidazole rings is 1. The quantitative estimate of drug-likeness (QED) is 0.878. The SMILES string of the molecule is CCCn1c(=O)[nH]c(=O)c2[nH]c(C3CCCCO3)nc21. The molecule has 7 heteroatoms. The van der Waals surface area contributed by atoms with Crippen molar-refractivity contribution < 1.29 is 4.74 Å². The van der Waals surface area contributed by atoms with E-state index in [1.807, 2.05) is 6.92 Å². The summed E-state index contributed by atoms with van der Waals surface area (Å²) in [6, 6.07) is 0. The van der Waals surface area contributed by atoms with Gasteiger partial charge in [-0.15, -0.1) is 0 Å². The van der Waals surface area contributed by atoms with Crippen LogP contribution in [-0.4, -0.2) is 26.1 Å². The molecule has 0 amide bonds. The Bertz CT molecular complexity index is 721. The van der Waals surface area contributed by atoms with Crippen LogP contribution in [0, 0.1) is 0 Å². The summed E-state index contributed by atoms with van der Waals surface area (Å²) < 4.78 is 7.17. The maximum absolute atomic E-state index is 11.9. The number of fused-ring (bicyclic) bond motifs is 1. The van der Waals surface area contributed by atoms with Crippen molar-refractivity contribution in [1.29, 1.82) is 0 Å². The Morgan fingerprint density at radius 3 is 2.90 bits per heavy atom. The van der Waals surface area contributed by atoms with Gasteiger partial charge in [-0.2, -0.15) is 0 Å². The molecule has 0 saturated carbocycles. The molecule has 0 spiro atoms. The topological polar surface area (TPSA) is 92.8 Å². The molecule has 2 aromatic rings. The average Bonchev–Trinajstić information content (AvgIpc) is 2.90. The van der Waals surface area contributed by atoms with Crippen molar-refractivity contribution in [1.82, 2.24) is 19.5 Å². The Kier molecular flexibility index (Phi) is 3.43. The molecule has 0 bridgehead atoms. The van der Waals surface area contributed by atoms with Crippen molar-refractivity contribution in [2.75, 3.05) is 6.61 Å². The number of aromatic amines is 2. The van der Waals surface area contributed by atoms with E-state index < -0.39 is 11.2 Å². The van der Waals surface area contributed by atoms with Crippen molar-refractivity contribution in [3.8, 4) is 0 Å². The molecule has 7 nitrogen and oxygen atoms in total. The number of hydrogen-bond donors (Lipinski definition) is 2. The zero-order valence-electron chi connectivity index (χ0n) is 11.4. The highest BCUT2D eigenvalue weighted by Gasteiger charge is 2.21. The first-order valence-electron chi connectivity index (χ1n) is 7.05. The van der Waals surface area contributed by atoms with E-state index in [9.17, 15) is 9.59 Å². The van der Waals surface area contributed by atoms with Crippen LogP contribution >= 0.6 is 0 Å². The molecule has 1 saturated heterocycles. The number of ether oxygens (including phenoxy) is 1. The molecule has 0 aromatic carbocycles. The van der Waals surface area contributed by atoms with Gasteiger partial charge in [-0.05, 0) is 25.7 Å². The molecule has 108 valence electrons. The largest absolute Gasteiger partial charge is 0.370 e. The lowest BCUT2D eigenvalue weighted by atomic mass is 10.1. The third kappa shape index (κ3) is 2.18. The van der Waals surface area contributed by atoms with Crippen LogP contribution in [0.5, 0.6) is 0 Å². The van der Waals surface area contributed by atoms with Gasteiger partial charge in [-0.1, -0.05) is 6.92 Å². The summed E-state index contributed by atoms with van der Waals surface area (Å²) in [7, 11) is 0. The molecule has 3 rings (SSSR count). The van der Waals surface area contributed by atoms with E-state index in [0.717, 1.165) is 25.7 Å². The Morgan fingerprint density at radius 1 is 1.35 bits per heavy atom. The molecule has 1 atom stereocenters. The summed E-state index contributed by atoms with van der Waals surface area (Å²) in [5.41, 5.74) is -0.0640. The van der Waals surface area contributed by atoms with E-state index in [1.54, 1.807) is 0 Å². The lowest BCUT2D eigenvalue weighted by molar-refractivity contribution is 0.0101. The number of nitrogens with zero attached hydrogens (tertiary/aromatic N) is 2. The number of nitrogens with one attached hydrogen (secondary N) is 2. The van der Waals surface area contributed by atoms with Gasteiger partial charge in [0.15, 0.2) is 5.65 Å². The number of rotatable bonds is 3. The smallest absolute Gasteiger partial charge is 0.330 e. The second-order valence-corrected chi connectivity index (χ2v) is 5.09. The summed E-state index contributed by atoms with van der Waals surface area (Å²) >= 11 is 0. The lowest BCUT2D eigenvalue weighted by Crippen LogP contribution is -2.30. The third-order valence-electron chi connectivity index (χ3n) is 3.58. The van der Waals surface area contributed by atoms with Gasteiger partial charge in [-0.25, -0.2) is 9.78 Å². The van der Waals surface area contributed by atoms with E-state index >= 15 is 0 Å². The number of aryl methyl sites for hydroxylation is 1. The van der Waals surface area contributed by atoms with Gasteiger partial charge in [0.2, 0.25) is 0 Å². The van der Waals surface area contributed by atoms with Gasteiger partial charge >= 0.3 is 5.69 Å². The fraction of sp³-hybridized carbons (Fsp3) is 0.615. The summed E-state index contributed by atoms with van der Waals surface area (Å²) in [6.07, 6.45) is 3.71. The van der Waals surface area contributed by atoms with Crippen LogP contribution in [0.4, 0.5) is 0 Å². The van der Waals surface area contributed by atoms with Crippen LogP contribution in [0.15, 0.2) is 9.59 Å². The summed E-state index contributed by atoms with van der Waals surface area (Å²) in [5, 5.41) is 0. The molecule has 3 heterocycles. The predicted octanol–water partition coefficient (Wildman–Crippen LogP) is 1.06. The highest BCUT2D eigenvalue weighted by atomic mass is 16.5. The normalized spacial score (nSPS) is 19.6. The first-order chi connectivity index (χ1) is 9.70. The molecule has 0 aliphatic carbocycles. The van der Waals surface area contributed by atoms with Crippen molar-refractivity contribution >= 4 is 11.2 Å². The predicted molar refractivity (Wildman–Crippen MR) is 73.8 cm³/mol. The summed E-state index contributed by atoms with van der Waals surface area (Å²) in [6.45, 7) is 3.21. The van der Waals surface area contributed by atoms with Gasteiger partial charge in [0.25, 0.3) is 5.56 Å². The van der Waals surface area contributed by atoms with Crippen LogP contribution in [0.25, 0.3) is 11.2 Å². The van der Waals surface area contributed by atoms with Crippen LogP contribution in [0.1, 0.15) is 44.5 Å². The molecular weight excluding hydrogens is 260 g/mol.